The smallest absolute Gasteiger partial charge is 0.326 e. The van der Waals surface area contributed by atoms with Gasteiger partial charge in [0.25, 0.3) is 0 Å². The number of carbonyl (C=O) groups is 4. The maximum Gasteiger partial charge on any atom is 0.326 e. The third kappa shape index (κ3) is 7.58. The second kappa shape index (κ2) is 12.2. The van der Waals surface area contributed by atoms with Crippen molar-refractivity contribution in [2.24, 2.45) is 17.6 Å². The molecule has 186 valence electrons. The molecule has 0 saturated carbocycles. The van der Waals surface area contributed by atoms with Gasteiger partial charge >= 0.3 is 5.97 Å². The highest BCUT2D eigenvalue weighted by molar-refractivity contribution is 5.93. The summed E-state index contributed by atoms with van der Waals surface area (Å²) in [6.07, 6.45) is 2.22. The highest BCUT2D eigenvalue weighted by Gasteiger charge is 2.27. The minimum absolute atomic E-state index is 0.0666. The fourth-order valence-electron chi connectivity index (χ4n) is 3.53. The van der Waals surface area contributed by atoms with Gasteiger partial charge in [-0.1, -0.05) is 45.9 Å². The molecule has 7 N–H and O–H groups in total. The Morgan fingerprint density at radius 3 is 2.29 bits per heavy atom. The highest BCUT2D eigenvalue weighted by Crippen LogP contribution is 2.19. The molecule has 0 radical (unpaired) electrons. The zero-order valence-electron chi connectivity index (χ0n) is 20.1. The van der Waals surface area contributed by atoms with Crippen LogP contribution < -0.4 is 21.7 Å². The van der Waals surface area contributed by atoms with Crippen molar-refractivity contribution in [3.8, 4) is 0 Å². The number of aromatic nitrogens is 1. The Balaban J connectivity index is 2.11. The van der Waals surface area contributed by atoms with Gasteiger partial charge in [-0.05, 0) is 29.9 Å². The molecule has 0 saturated heterocycles. The zero-order chi connectivity index (χ0) is 25.4. The van der Waals surface area contributed by atoms with Gasteiger partial charge in [-0.2, -0.15) is 0 Å². The predicted molar refractivity (Wildman–Crippen MR) is 129 cm³/mol. The van der Waals surface area contributed by atoms with E-state index in [4.69, 9.17) is 5.73 Å². The number of hydrogen-bond donors (Lipinski definition) is 6. The van der Waals surface area contributed by atoms with Crippen molar-refractivity contribution in [2.75, 3.05) is 6.54 Å². The van der Waals surface area contributed by atoms with Crippen LogP contribution >= 0.6 is 0 Å². The summed E-state index contributed by atoms with van der Waals surface area (Å²) in [6, 6.07) is 4.76. The maximum atomic E-state index is 13.0. The van der Waals surface area contributed by atoms with Crippen LogP contribution in [-0.4, -0.2) is 58.5 Å². The van der Waals surface area contributed by atoms with Crippen LogP contribution in [0.5, 0.6) is 0 Å². The number of aromatic amines is 1. The normalized spacial score (nSPS) is 14.0. The molecule has 10 heteroatoms. The molecule has 0 aliphatic heterocycles. The van der Waals surface area contributed by atoms with Crippen molar-refractivity contribution in [1.82, 2.24) is 20.9 Å². The molecule has 0 aliphatic rings. The van der Waals surface area contributed by atoms with Crippen LogP contribution in [0, 0.1) is 11.8 Å². The lowest BCUT2D eigenvalue weighted by Crippen LogP contribution is -2.55. The van der Waals surface area contributed by atoms with E-state index in [1.54, 1.807) is 20.0 Å². The Morgan fingerprint density at radius 1 is 1.00 bits per heavy atom. The fourth-order valence-corrected chi connectivity index (χ4v) is 3.53. The average Bonchev–Trinajstić information content (AvgIpc) is 3.18. The summed E-state index contributed by atoms with van der Waals surface area (Å²) in [4.78, 5) is 52.3. The number of H-pyrrole nitrogens is 1. The zero-order valence-corrected chi connectivity index (χ0v) is 20.1. The Kier molecular flexibility index (Phi) is 9.61. The number of carbonyl (C=O) groups excluding carboxylic acids is 3. The number of para-hydroxylation sites is 1. The van der Waals surface area contributed by atoms with Crippen LogP contribution in [0.15, 0.2) is 30.5 Å². The molecule has 3 unspecified atom stereocenters. The molecule has 1 aromatic carbocycles. The van der Waals surface area contributed by atoms with E-state index in [1.165, 1.54) is 0 Å². The number of benzene rings is 1. The van der Waals surface area contributed by atoms with Gasteiger partial charge in [0.2, 0.25) is 17.7 Å². The van der Waals surface area contributed by atoms with Gasteiger partial charge in [-0.3, -0.25) is 14.4 Å². The molecule has 0 fully saturated rings. The summed E-state index contributed by atoms with van der Waals surface area (Å²) in [5.74, 6) is -2.87. The number of carboxylic acid groups (broad SMARTS) is 1. The lowest BCUT2D eigenvalue weighted by atomic mass is 10.0. The van der Waals surface area contributed by atoms with Gasteiger partial charge in [0.15, 0.2) is 0 Å². The topological polar surface area (TPSA) is 166 Å². The van der Waals surface area contributed by atoms with Crippen LogP contribution in [0.2, 0.25) is 0 Å². The maximum absolute atomic E-state index is 13.0. The van der Waals surface area contributed by atoms with Crippen LogP contribution in [0.25, 0.3) is 10.9 Å². The van der Waals surface area contributed by atoms with Crippen LogP contribution in [0.4, 0.5) is 0 Å². The summed E-state index contributed by atoms with van der Waals surface area (Å²) in [6.45, 7) is 6.89. The number of nitrogens with one attached hydrogen (secondary N) is 4. The van der Waals surface area contributed by atoms with Crippen molar-refractivity contribution in [2.45, 2.75) is 58.7 Å². The van der Waals surface area contributed by atoms with Crippen LogP contribution in [0.3, 0.4) is 0 Å². The molecule has 0 aliphatic carbocycles. The first-order chi connectivity index (χ1) is 16.0. The average molecular weight is 474 g/mol. The van der Waals surface area contributed by atoms with Crippen molar-refractivity contribution in [1.29, 1.82) is 0 Å². The third-order valence-corrected chi connectivity index (χ3v) is 5.52. The Bertz CT molecular complexity index is 1020. The number of hydrogen-bond acceptors (Lipinski definition) is 5. The predicted octanol–water partition coefficient (Wildman–Crippen LogP) is 0.910. The largest absolute Gasteiger partial charge is 0.480 e. The summed E-state index contributed by atoms with van der Waals surface area (Å²) in [5.41, 5.74) is 7.66. The van der Waals surface area contributed by atoms with Gasteiger partial charge in [-0.25, -0.2) is 4.79 Å². The molecule has 3 amide bonds. The van der Waals surface area contributed by atoms with Gasteiger partial charge in [0.1, 0.15) is 12.1 Å². The van der Waals surface area contributed by atoms with Gasteiger partial charge in [-0.15, -0.1) is 0 Å². The van der Waals surface area contributed by atoms with Crippen LogP contribution in [0.1, 0.15) is 39.7 Å². The molecule has 2 aromatic rings. The fraction of sp³-hybridized carbons (Fsp3) is 0.500. The molecular formula is C24H35N5O5. The number of amides is 3. The van der Waals surface area contributed by atoms with E-state index >= 15 is 0 Å². The van der Waals surface area contributed by atoms with Gasteiger partial charge in [0.05, 0.1) is 12.6 Å². The minimum atomic E-state index is -1.14. The number of nitrogens with two attached hydrogens (primary N) is 1. The van der Waals surface area contributed by atoms with Crippen molar-refractivity contribution in [3.05, 3.63) is 36.0 Å². The molecule has 10 nitrogen and oxygen atoms in total. The van der Waals surface area contributed by atoms with Gasteiger partial charge in [0, 0.05) is 23.5 Å². The lowest BCUT2D eigenvalue weighted by Gasteiger charge is -2.22. The van der Waals surface area contributed by atoms with Crippen molar-refractivity contribution in [3.63, 3.8) is 0 Å². The number of rotatable bonds is 12. The number of fused-ring (bicyclic) bond motifs is 1. The second-order valence-electron chi connectivity index (χ2n) is 9.20. The molecule has 0 bridgehead atoms. The summed E-state index contributed by atoms with van der Waals surface area (Å²) < 4.78 is 0. The van der Waals surface area contributed by atoms with E-state index in [0.717, 1.165) is 16.5 Å². The highest BCUT2D eigenvalue weighted by atomic mass is 16.4. The first-order valence-corrected chi connectivity index (χ1v) is 11.4. The Hall–Kier alpha value is -3.40. The Morgan fingerprint density at radius 2 is 1.68 bits per heavy atom. The quantitative estimate of drug-likeness (QED) is 0.268. The third-order valence-electron chi connectivity index (χ3n) is 5.52. The summed E-state index contributed by atoms with van der Waals surface area (Å²) >= 11 is 0. The first kappa shape index (κ1) is 26.8. The second-order valence-corrected chi connectivity index (χ2v) is 9.20. The molecule has 3 atom stereocenters. The molecule has 34 heavy (non-hydrogen) atoms. The minimum Gasteiger partial charge on any atom is -0.480 e. The van der Waals surface area contributed by atoms with E-state index in [1.807, 2.05) is 38.1 Å². The first-order valence-electron chi connectivity index (χ1n) is 11.4. The molecule has 0 spiro atoms. The monoisotopic (exact) mass is 473 g/mol. The SMILES string of the molecule is CC(C)CC(NC(=O)CNC(=O)C(Cc1c[nH]c2ccccc12)NC(=O)C(N)C(C)C)C(=O)O. The Labute approximate surface area is 199 Å². The molecule has 2 rings (SSSR count). The van der Waals surface area contributed by atoms with E-state index in [2.05, 4.69) is 20.9 Å². The van der Waals surface area contributed by atoms with E-state index in [-0.39, 0.29) is 24.7 Å². The molecule has 1 aromatic heterocycles. The van der Waals surface area contributed by atoms with Crippen LogP contribution in [-0.2, 0) is 25.6 Å². The summed E-state index contributed by atoms with van der Waals surface area (Å²) in [7, 11) is 0. The molecule has 1 heterocycles. The number of carboxylic acids is 1. The van der Waals surface area contributed by atoms with E-state index in [9.17, 15) is 24.3 Å². The van der Waals surface area contributed by atoms with Crippen molar-refractivity contribution < 1.29 is 24.3 Å². The van der Waals surface area contributed by atoms with Crippen molar-refractivity contribution >= 4 is 34.6 Å². The standard InChI is InChI=1S/C24H35N5O5/c1-13(2)9-19(24(33)34)28-20(30)12-27-22(31)18(29-23(32)21(25)14(3)4)10-15-11-26-17-8-6-5-7-16(15)17/h5-8,11,13-14,18-19,21,26H,9-10,12,25H2,1-4H3,(H,27,31)(H,28,30)(H,29,32)(H,33,34). The van der Waals surface area contributed by atoms with E-state index < -0.39 is 48.4 Å². The number of aliphatic carboxylic acids is 1. The van der Waals surface area contributed by atoms with E-state index in [0.29, 0.717) is 0 Å². The molecular weight excluding hydrogens is 438 g/mol. The van der Waals surface area contributed by atoms with Gasteiger partial charge < -0.3 is 31.8 Å². The lowest BCUT2D eigenvalue weighted by molar-refractivity contribution is -0.142. The summed E-state index contributed by atoms with van der Waals surface area (Å²) in [5, 5.41) is 17.8.